The quantitative estimate of drug-likeness (QED) is 0.751. The molecule has 0 amide bonds. The van der Waals surface area contributed by atoms with E-state index in [2.05, 4.69) is 0 Å². The highest BCUT2D eigenvalue weighted by molar-refractivity contribution is 5.77. The van der Waals surface area contributed by atoms with E-state index in [1.165, 1.54) is 25.7 Å². The lowest BCUT2D eigenvalue weighted by molar-refractivity contribution is -0.158. The van der Waals surface area contributed by atoms with Gasteiger partial charge in [0.15, 0.2) is 0 Å². The minimum absolute atomic E-state index is 0.174. The molecule has 0 aromatic rings. The number of ether oxygens (including phenoxy) is 1. The fourth-order valence-electron chi connectivity index (χ4n) is 1.81. The van der Waals surface area contributed by atoms with Crippen molar-refractivity contribution >= 4 is 5.97 Å². The van der Waals surface area contributed by atoms with Crippen molar-refractivity contribution < 1.29 is 9.53 Å². The Morgan fingerprint density at radius 1 is 1.25 bits per heavy atom. The van der Waals surface area contributed by atoms with E-state index in [-0.39, 0.29) is 5.97 Å². The Kier molecular flexibility index (Phi) is 4.00. The van der Waals surface area contributed by atoms with Crippen LogP contribution in [0.15, 0.2) is 0 Å². The molecule has 94 valence electrons. The first-order valence-corrected chi connectivity index (χ1v) is 6.21. The third-order valence-electron chi connectivity index (χ3n) is 4.05. The first kappa shape index (κ1) is 13.5. The number of hydrogen-bond acceptors (Lipinski definition) is 3. The third kappa shape index (κ3) is 2.97. The molecule has 16 heavy (non-hydrogen) atoms. The standard InChI is InChI=1S/C13H25NO2/c1-12(2,13(3,4)14)11(15)16-9-10-7-5-6-8-10/h10H,5-9,14H2,1-4H3. The van der Waals surface area contributed by atoms with E-state index >= 15 is 0 Å². The third-order valence-corrected chi connectivity index (χ3v) is 4.05. The number of carbonyl (C=O) groups is 1. The molecule has 0 radical (unpaired) electrons. The van der Waals surface area contributed by atoms with Crippen LogP contribution in [-0.2, 0) is 9.53 Å². The first-order valence-electron chi connectivity index (χ1n) is 6.21. The van der Waals surface area contributed by atoms with Crippen LogP contribution in [0.5, 0.6) is 0 Å². The van der Waals surface area contributed by atoms with E-state index in [1.807, 2.05) is 27.7 Å². The van der Waals surface area contributed by atoms with Crippen LogP contribution in [0, 0.1) is 11.3 Å². The van der Waals surface area contributed by atoms with Crippen LogP contribution in [0.2, 0.25) is 0 Å². The molecule has 0 heterocycles. The van der Waals surface area contributed by atoms with Crippen molar-refractivity contribution in [3.05, 3.63) is 0 Å². The molecule has 0 aromatic heterocycles. The summed E-state index contributed by atoms with van der Waals surface area (Å²) in [6.07, 6.45) is 4.93. The van der Waals surface area contributed by atoms with Crippen molar-refractivity contribution in [1.29, 1.82) is 0 Å². The van der Waals surface area contributed by atoms with E-state index in [0.29, 0.717) is 12.5 Å². The van der Waals surface area contributed by atoms with Crippen molar-refractivity contribution in [3.63, 3.8) is 0 Å². The van der Waals surface area contributed by atoms with Gasteiger partial charge in [-0.3, -0.25) is 4.79 Å². The van der Waals surface area contributed by atoms with Crippen molar-refractivity contribution in [2.75, 3.05) is 6.61 Å². The molecule has 3 heteroatoms. The molecule has 0 unspecified atom stereocenters. The number of hydrogen-bond donors (Lipinski definition) is 1. The van der Waals surface area contributed by atoms with E-state index in [4.69, 9.17) is 10.5 Å². The average Bonchev–Trinajstić information content (AvgIpc) is 2.64. The molecular formula is C13H25NO2. The molecule has 0 aromatic carbocycles. The predicted octanol–water partition coefficient (Wildman–Crippen LogP) is 2.48. The van der Waals surface area contributed by atoms with Crippen LogP contribution in [0.1, 0.15) is 53.4 Å². The zero-order chi connectivity index (χ0) is 12.4. The van der Waals surface area contributed by atoms with Gasteiger partial charge in [0.1, 0.15) is 0 Å². The Morgan fingerprint density at radius 2 is 1.75 bits per heavy atom. The van der Waals surface area contributed by atoms with Crippen molar-refractivity contribution in [2.45, 2.75) is 58.9 Å². The van der Waals surface area contributed by atoms with Gasteiger partial charge in [0.2, 0.25) is 0 Å². The zero-order valence-electron chi connectivity index (χ0n) is 11.0. The van der Waals surface area contributed by atoms with Gasteiger partial charge in [-0.2, -0.15) is 0 Å². The van der Waals surface area contributed by atoms with Crippen LogP contribution < -0.4 is 5.73 Å². The highest BCUT2D eigenvalue weighted by atomic mass is 16.5. The summed E-state index contributed by atoms with van der Waals surface area (Å²) in [6, 6.07) is 0. The average molecular weight is 227 g/mol. The van der Waals surface area contributed by atoms with Gasteiger partial charge in [-0.05, 0) is 46.5 Å². The molecule has 0 aliphatic heterocycles. The summed E-state index contributed by atoms with van der Waals surface area (Å²) in [5, 5.41) is 0. The molecule has 0 bridgehead atoms. The van der Waals surface area contributed by atoms with Crippen molar-refractivity contribution in [3.8, 4) is 0 Å². The van der Waals surface area contributed by atoms with Gasteiger partial charge in [-0.15, -0.1) is 0 Å². The van der Waals surface area contributed by atoms with Gasteiger partial charge in [0.05, 0.1) is 12.0 Å². The van der Waals surface area contributed by atoms with Crippen molar-refractivity contribution in [2.24, 2.45) is 17.1 Å². The Hall–Kier alpha value is -0.570. The van der Waals surface area contributed by atoms with Crippen LogP contribution >= 0.6 is 0 Å². The largest absolute Gasteiger partial charge is 0.465 e. The highest BCUT2D eigenvalue weighted by Gasteiger charge is 2.42. The van der Waals surface area contributed by atoms with Gasteiger partial charge in [-0.1, -0.05) is 12.8 Å². The summed E-state index contributed by atoms with van der Waals surface area (Å²) in [5.41, 5.74) is 4.81. The van der Waals surface area contributed by atoms with Gasteiger partial charge in [0.25, 0.3) is 0 Å². The Morgan fingerprint density at radius 3 is 2.19 bits per heavy atom. The lowest BCUT2D eigenvalue weighted by Gasteiger charge is -2.36. The Bertz CT molecular complexity index is 247. The number of esters is 1. The number of rotatable bonds is 4. The van der Waals surface area contributed by atoms with Crippen LogP contribution in [0.4, 0.5) is 0 Å². The smallest absolute Gasteiger partial charge is 0.313 e. The summed E-state index contributed by atoms with van der Waals surface area (Å²) in [4.78, 5) is 12.0. The molecule has 1 aliphatic rings. The maximum Gasteiger partial charge on any atom is 0.313 e. The summed E-state index contributed by atoms with van der Waals surface area (Å²) in [7, 11) is 0. The summed E-state index contributed by atoms with van der Waals surface area (Å²) in [6.45, 7) is 8.00. The monoisotopic (exact) mass is 227 g/mol. The molecule has 1 aliphatic carbocycles. The maximum atomic E-state index is 12.0. The number of nitrogens with two attached hydrogens (primary N) is 1. The Labute approximate surface area is 98.7 Å². The number of carbonyl (C=O) groups excluding carboxylic acids is 1. The minimum Gasteiger partial charge on any atom is -0.465 e. The second kappa shape index (κ2) is 4.74. The van der Waals surface area contributed by atoms with E-state index < -0.39 is 11.0 Å². The molecule has 2 N–H and O–H groups in total. The minimum atomic E-state index is -0.633. The SMILES string of the molecule is CC(C)(N)C(C)(C)C(=O)OCC1CCCC1. The van der Waals surface area contributed by atoms with Crippen LogP contribution in [0.25, 0.3) is 0 Å². The Balaban J connectivity index is 2.45. The summed E-state index contributed by atoms with van der Waals surface area (Å²) >= 11 is 0. The van der Waals surface area contributed by atoms with Gasteiger partial charge in [-0.25, -0.2) is 0 Å². The zero-order valence-corrected chi connectivity index (χ0v) is 11.0. The van der Waals surface area contributed by atoms with Gasteiger partial charge >= 0.3 is 5.97 Å². The topological polar surface area (TPSA) is 52.3 Å². The molecule has 3 nitrogen and oxygen atoms in total. The molecule has 0 saturated heterocycles. The second-order valence-corrected chi connectivity index (χ2v) is 6.10. The summed E-state index contributed by atoms with van der Waals surface area (Å²) in [5.74, 6) is 0.396. The van der Waals surface area contributed by atoms with E-state index in [1.54, 1.807) is 0 Å². The molecule has 0 atom stereocenters. The lowest BCUT2D eigenvalue weighted by Crippen LogP contribution is -2.52. The van der Waals surface area contributed by atoms with Gasteiger partial charge in [0, 0.05) is 5.54 Å². The first-order chi connectivity index (χ1) is 7.25. The fourth-order valence-corrected chi connectivity index (χ4v) is 1.81. The fraction of sp³-hybridized carbons (Fsp3) is 0.923. The van der Waals surface area contributed by atoms with Gasteiger partial charge < -0.3 is 10.5 Å². The normalized spacial score (nSPS) is 18.8. The molecular weight excluding hydrogens is 202 g/mol. The van der Waals surface area contributed by atoms with Crippen LogP contribution in [-0.4, -0.2) is 18.1 Å². The van der Waals surface area contributed by atoms with Crippen molar-refractivity contribution in [1.82, 2.24) is 0 Å². The molecule has 1 fully saturated rings. The lowest BCUT2D eigenvalue weighted by atomic mass is 9.75. The second-order valence-electron chi connectivity index (χ2n) is 6.10. The molecule has 1 rings (SSSR count). The van der Waals surface area contributed by atoms with E-state index in [0.717, 1.165) is 0 Å². The molecule has 1 saturated carbocycles. The van der Waals surface area contributed by atoms with Crippen LogP contribution in [0.3, 0.4) is 0 Å². The van der Waals surface area contributed by atoms with E-state index in [9.17, 15) is 4.79 Å². The predicted molar refractivity (Wildman–Crippen MR) is 65.0 cm³/mol. The molecule has 0 spiro atoms. The summed E-state index contributed by atoms with van der Waals surface area (Å²) < 4.78 is 5.40. The highest BCUT2D eigenvalue weighted by Crippen LogP contribution is 2.31. The maximum absolute atomic E-state index is 12.0.